The van der Waals surface area contributed by atoms with Crippen LogP contribution in [0.25, 0.3) is 0 Å². The maximum absolute atomic E-state index is 10.9. The first-order chi connectivity index (χ1) is 8.59. The van der Waals surface area contributed by atoms with E-state index in [9.17, 15) is 10.1 Å². The van der Waals surface area contributed by atoms with E-state index >= 15 is 0 Å². The minimum atomic E-state index is -0.383. The monoisotopic (exact) mass is 249 g/mol. The Balaban J connectivity index is 2.16. The minimum Gasteiger partial charge on any atom is -0.361 e. The molecule has 0 aromatic carbocycles. The molecule has 0 radical (unpaired) electrons. The third-order valence-corrected chi connectivity index (χ3v) is 4.01. The summed E-state index contributed by atoms with van der Waals surface area (Å²) in [5, 5.41) is 14.2. The van der Waals surface area contributed by atoms with Crippen LogP contribution in [0.1, 0.15) is 33.1 Å². The standard InChI is InChI=1S/C13H19N3O2/c1-9-5-3-6-11(10(9)2)15-13-12(16(17)18)7-4-8-14-13/h4,7-11H,3,5-6H2,1-2H3,(H,14,15)/t9-,10+,11-/m0/s1. The maximum Gasteiger partial charge on any atom is 0.311 e. The van der Waals surface area contributed by atoms with E-state index in [4.69, 9.17) is 0 Å². The first-order valence-electron chi connectivity index (χ1n) is 6.45. The molecule has 0 amide bonds. The molecule has 1 heterocycles. The van der Waals surface area contributed by atoms with E-state index in [2.05, 4.69) is 24.1 Å². The third-order valence-electron chi connectivity index (χ3n) is 4.01. The van der Waals surface area contributed by atoms with Crippen molar-refractivity contribution in [3.8, 4) is 0 Å². The van der Waals surface area contributed by atoms with Crippen LogP contribution < -0.4 is 5.32 Å². The lowest BCUT2D eigenvalue weighted by molar-refractivity contribution is -0.384. The van der Waals surface area contributed by atoms with Gasteiger partial charge in [-0.3, -0.25) is 10.1 Å². The van der Waals surface area contributed by atoms with E-state index in [1.807, 2.05) is 0 Å². The molecule has 0 aliphatic heterocycles. The van der Waals surface area contributed by atoms with Gasteiger partial charge in [-0.1, -0.05) is 26.7 Å². The number of anilines is 1. The van der Waals surface area contributed by atoms with Gasteiger partial charge >= 0.3 is 5.69 Å². The fourth-order valence-electron chi connectivity index (χ4n) is 2.62. The maximum atomic E-state index is 10.9. The van der Waals surface area contributed by atoms with Gasteiger partial charge < -0.3 is 5.32 Å². The SMILES string of the molecule is C[C@H]1[C@@H](Nc2ncccc2[N+](=O)[O-])CCC[C@@H]1C. The second-order valence-corrected chi connectivity index (χ2v) is 5.15. The Hall–Kier alpha value is -1.65. The van der Waals surface area contributed by atoms with Crippen molar-refractivity contribution in [1.82, 2.24) is 4.98 Å². The number of rotatable bonds is 3. The van der Waals surface area contributed by atoms with Crippen LogP contribution in [0.5, 0.6) is 0 Å². The van der Waals surface area contributed by atoms with Gasteiger partial charge in [0, 0.05) is 18.3 Å². The smallest absolute Gasteiger partial charge is 0.311 e. The van der Waals surface area contributed by atoms with Gasteiger partial charge in [0.05, 0.1) is 4.92 Å². The lowest BCUT2D eigenvalue weighted by Gasteiger charge is -2.34. The highest BCUT2D eigenvalue weighted by Gasteiger charge is 2.28. The fraction of sp³-hybridized carbons (Fsp3) is 0.615. The minimum absolute atomic E-state index is 0.0583. The lowest BCUT2D eigenvalue weighted by Crippen LogP contribution is -2.35. The summed E-state index contributed by atoms with van der Waals surface area (Å²) in [6.45, 7) is 4.45. The summed E-state index contributed by atoms with van der Waals surface area (Å²) in [6.07, 6.45) is 5.05. The molecule has 1 aliphatic rings. The molecule has 98 valence electrons. The van der Waals surface area contributed by atoms with E-state index in [0.717, 1.165) is 6.42 Å². The second kappa shape index (κ2) is 5.33. The number of nitrogens with one attached hydrogen (secondary N) is 1. The summed E-state index contributed by atoms with van der Waals surface area (Å²) < 4.78 is 0. The molecule has 1 aromatic heterocycles. The number of nitro groups is 1. The normalized spacial score (nSPS) is 27.8. The largest absolute Gasteiger partial charge is 0.361 e. The lowest BCUT2D eigenvalue weighted by atomic mass is 9.78. The van der Waals surface area contributed by atoms with E-state index in [1.165, 1.54) is 18.9 Å². The van der Waals surface area contributed by atoms with Crippen molar-refractivity contribution in [1.29, 1.82) is 0 Å². The Bertz CT molecular complexity index is 436. The molecule has 1 N–H and O–H groups in total. The van der Waals surface area contributed by atoms with E-state index in [0.29, 0.717) is 17.7 Å². The summed E-state index contributed by atoms with van der Waals surface area (Å²) in [4.78, 5) is 14.7. The second-order valence-electron chi connectivity index (χ2n) is 5.15. The predicted octanol–water partition coefficient (Wildman–Crippen LogP) is 3.23. The molecule has 1 aromatic rings. The molecule has 3 atom stereocenters. The quantitative estimate of drug-likeness (QED) is 0.659. The first-order valence-corrected chi connectivity index (χ1v) is 6.45. The fourth-order valence-corrected chi connectivity index (χ4v) is 2.62. The van der Waals surface area contributed by atoms with Crippen LogP contribution in [0.4, 0.5) is 11.5 Å². The van der Waals surface area contributed by atoms with Crippen LogP contribution in [0, 0.1) is 22.0 Å². The number of hydrogen-bond donors (Lipinski definition) is 1. The zero-order valence-corrected chi connectivity index (χ0v) is 10.8. The third kappa shape index (κ3) is 2.60. The molecule has 18 heavy (non-hydrogen) atoms. The predicted molar refractivity (Wildman–Crippen MR) is 70.5 cm³/mol. The molecular formula is C13H19N3O2. The van der Waals surface area contributed by atoms with E-state index in [-0.39, 0.29) is 16.7 Å². The van der Waals surface area contributed by atoms with Gasteiger partial charge in [-0.05, 0) is 24.3 Å². The Kier molecular flexibility index (Phi) is 3.79. The molecule has 2 rings (SSSR count). The Morgan fingerprint density at radius 3 is 2.94 bits per heavy atom. The van der Waals surface area contributed by atoms with Crippen LogP contribution in [-0.2, 0) is 0 Å². The van der Waals surface area contributed by atoms with Crippen LogP contribution in [0.15, 0.2) is 18.3 Å². The molecule has 1 fully saturated rings. The topological polar surface area (TPSA) is 68.1 Å². The average molecular weight is 249 g/mol. The van der Waals surface area contributed by atoms with Gasteiger partial charge in [0.15, 0.2) is 0 Å². The van der Waals surface area contributed by atoms with Crippen molar-refractivity contribution in [2.24, 2.45) is 11.8 Å². The molecule has 0 unspecified atom stereocenters. The number of aromatic nitrogens is 1. The highest BCUT2D eigenvalue weighted by molar-refractivity contribution is 5.55. The van der Waals surface area contributed by atoms with Crippen molar-refractivity contribution < 1.29 is 4.92 Å². The van der Waals surface area contributed by atoms with Gasteiger partial charge in [-0.25, -0.2) is 4.98 Å². The number of pyridine rings is 1. The molecule has 0 saturated heterocycles. The van der Waals surface area contributed by atoms with Crippen molar-refractivity contribution in [3.05, 3.63) is 28.4 Å². The molecule has 5 nitrogen and oxygen atoms in total. The van der Waals surface area contributed by atoms with Crippen molar-refractivity contribution in [2.75, 3.05) is 5.32 Å². The Labute approximate surface area is 107 Å². The van der Waals surface area contributed by atoms with Gasteiger partial charge in [-0.2, -0.15) is 0 Å². The van der Waals surface area contributed by atoms with Crippen LogP contribution in [-0.4, -0.2) is 15.9 Å². The molecule has 1 saturated carbocycles. The van der Waals surface area contributed by atoms with Gasteiger partial charge in [0.1, 0.15) is 0 Å². The van der Waals surface area contributed by atoms with Crippen LogP contribution in [0.3, 0.4) is 0 Å². The first kappa shape index (κ1) is 12.8. The van der Waals surface area contributed by atoms with E-state index in [1.54, 1.807) is 12.3 Å². The molecule has 0 spiro atoms. The van der Waals surface area contributed by atoms with Crippen molar-refractivity contribution >= 4 is 11.5 Å². The van der Waals surface area contributed by atoms with E-state index < -0.39 is 0 Å². The summed E-state index contributed by atoms with van der Waals surface area (Å²) in [6, 6.07) is 3.37. The van der Waals surface area contributed by atoms with Gasteiger partial charge in [0.2, 0.25) is 5.82 Å². The summed E-state index contributed by atoms with van der Waals surface area (Å²) in [7, 11) is 0. The Morgan fingerprint density at radius 2 is 2.22 bits per heavy atom. The summed E-state index contributed by atoms with van der Waals surface area (Å²) in [5.74, 6) is 1.56. The summed E-state index contributed by atoms with van der Waals surface area (Å²) in [5.41, 5.74) is 0.0583. The molecular weight excluding hydrogens is 230 g/mol. The average Bonchev–Trinajstić information content (AvgIpc) is 2.35. The zero-order chi connectivity index (χ0) is 13.1. The van der Waals surface area contributed by atoms with Crippen LogP contribution >= 0.6 is 0 Å². The highest BCUT2D eigenvalue weighted by Crippen LogP contribution is 2.32. The van der Waals surface area contributed by atoms with Crippen molar-refractivity contribution in [2.45, 2.75) is 39.2 Å². The van der Waals surface area contributed by atoms with Crippen LogP contribution in [0.2, 0.25) is 0 Å². The summed E-state index contributed by atoms with van der Waals surface area (Å²) >= 11 is 0. The highest BCUT2D eigenvalue weighted by atomic mass is 16.6. The van der Waals surface area contributed by atoms with Gasteiger partial charge in [-0.15, -0.1) is 0 Å². The van der Waals surface area contributed by atoms with Crippen molar-refractivity contribution in [3.63, 3.8) is 0 Å². The number of nitrogens with zero attached hydrogens (tertiary/aromatic N) is 2. The Morgan fingerprint density at radius 1 is 1.44 bits per heavy atom. The molecule has 1 aliphatic carbocycles. The molecule has 0 bridgehead atoms. The zero-order valence-electron chi connectivity index (χ0n) is 10.8. The molecule has 5 heteroatoms. The van der Waals surface area contributed by atoms with Gasteiger partial charge in [0.25, 0.3) is 0 Å². The number of hydrogen-bond acceptors (Lipinski definition) is 4.